The lowest BCUT2D eigenvalue weighted by Crippen LogP contribution is -2.30. The third-order valence-electron chi connectivity index (χ3n) is 2.25. The molecule has 0 fully saturated rings. The van der Waals surface area contributed by atoms with Crippen LogP contribution in [0.2, 0.25) is 5.02 Å². The van der Waals surface area contributed by atoms with Gasteiger partial charge in [-0.05, 0) is 38.0 Å². The fourth-order valence-electron chi connectivity index (χ4n) is 1.73. The van der Waals surface area contributed by atoms with E-state index in [1.54, 1.807) is 6.07 Å². The Morgan fingerprint density at radius 3 is 2.40 bits per heavy atom. The van der Waals surface area contributed by atoms with E-state index in [9.17, 15) is 5.11 Å². The molecule has 0 radical (unpaired) electrons. The van der Waals surface area contributed by atoms with Crippen LogP contribution < -0.4 is 10.5 Å². The summed E-state index contributed by atoms with van der Waals surface area (Å²) < 4.78 is 5.03. The highest BCUT2D eigenvalue weighted by Gasteiger charge is 2.24. The van der Waals surface area contributed by atoms with E-state index < -0.39 is 5.54 Å². The zero-order chi connectivity index (χ0) is 11.8. The van der Waals surface area contributed by atoms with Crippen LogP contribution in [-0.4, -0.2) is 12.2 Å². The Morgan fingerprint density at radius 2 is 2.00 bits per heavy atom. The molecule has 0 atom stereocenters. The minimum Gasteiger partial charge on any atom is -0.504 e. The van der Waals surface area contributed by atoms with Crippen LogP contribution in [0.4, 0.5) is 0 Å². The highest BCUT2D eigenvalue weighted by atomic mass is 35.5. The van der Waals surface area contributed by atoms with Gasteiger partial charge in [0.05, 0.1) is 12.1 Å². The van der Waals surface area contributed by atoms with Crippen LogP contribution in [0.5, 0.6) is 11.5 Å². The third kappa shape index (κ3) is 2.19. The first-order valence-corrected chi connectivity index (χ1v) is 5.02. The molecule has 0 unspecified atom stereocenters. The number of hydrogen-bond acceptors (Lipinski definition) is 3. The lowest BCUT2D eigenvalue weighted by molar-refractivity contribution is 0.371. The van der Waals surface area contributed by atoms with Crippen molar-refractivity contribution in [3.8, 4) is 11.5 Å². The molecular formula is C11H16ClNO2. The summed E-state index contributed by atoms with van der Waals surface area (Å²) in [5.41, 5.74) is 7.09. The van der Waals surface area contributed by atoms with Crippen LogP contribution in [0.15, 0.2) is 6.07 Å². The van der Waals surface area contributed by atoms with Crippen LogP contribution >= 0.6 is 11.6 Å². The van der Waals surface area contributed by atoms with E-state index in [0.29, 0.717) is 5.02 Å². The maximum Gasteiger partial charge on any atom is 0.179 e. The molecule has 84 valence electrons. The average Bonchev–Trinajstić information content (AvgIpc) is 2.00. The molecule has 4 heteroatoms. The second-order valence-electron chi connectivity index (χ2n) is 4.16. The summed E-state index contributed by atoms with van der Waals surface area (Å²) in [4.78, 5) is 0. The number of phenolic OH excluding ortho intramolecular Hbond substituents is 1. The highest BCUT2D eigenvalue weighted by Crippen LogP contribution is 2.41. The van der Waals surface area contributed by atoms with Crippen molar-refractivity contribution in [3.63, 3.8) is 0 Å². The fourth-order valence-corrected chi connectivity index (χ4v) is 2.29. The Kier molecular flexibility index (Phi) is 3.16. The van der Waals surface area contributed by atoms with Crippen molar-refractivity contribution in [2.24, 2.45) is 5.73 Å². The lowest BCUT2D eigenvalue weighted by atomic mass is 9.91. The molecule has 1 aromatic carbocycles. The van der Waals surface area contributed by atoms with Gasteiger partial charge in [-0.25, -0.2) is 0 Å². The highest BCUT2D eigenvalue weighted by molar-refractivity contribution is 6.33. The van der Waals surface area contributed by atoms with Gasteiger partial charge in [0.1, 0.15) is 0 Å². The molecule has 0 saturated heterocycles. The molecule has 3 nitrogen and oxygen atoms in total. The van der Waals surface area contributed by atoms with Gasteiger partial charge in [0.25, 0.3) is 0 Å². The average molecular weight is 230 g/mol. The van der Waals surface area contributed by atoms with Gasteiger partial charge < -0.3 is 15.6 Å². The monoisotopic (exact) mass is 229 g/mol. The van der Waals surface area contributed by atoms with E-state index in [2.05, 4.69) is 0 Å². The molecule has 0 amide bonds. The predicted molar refractivity (Wildman–Crippen MR) is 61.6 cm³/mol. The van der Waals surface area contributed by atoms with Crippen molar-refractivity contribution < 1.29 is 9.84 Å². The first-order valence-electron chi connectivity index (χ1n) is 4.64. The number of nitrogens with two attached hydrogens (primary N) is 1. The molecule has 0 saturated carbocycles. The van der Waals surface area contributed by atoms with Crippen LogP contribution in [0, 0.1) is 6.92 Å². The number of aryl methyl sites for hydroxylation is 1. The van der Waals surface area contributed by atoms with Crippen molar-refractivity contribution in [2.75, 3.05) is 7.11 Å². The molecular weight excluding hydrogens is 214 g/mol. The Hall–Kier alpha value is -0.930. The topological polar surface area (TPSA) is 55.5 Å². The first-order chi connectivity index (χ1) is 6.79. The summed E-state index contributed by atoms with van der Waals surface area (Å²) in [6, 6.07) is 1.61. The van der Waals surface area contributed by atoms with E-state index in [1.165, 1.54) is 7.11 Å². The smallest absolute Gasteiger partial charge is 0.179 e. The van der Waals surface area contributed by atoms with Crippen molar-refractivity contribution in [2.45, 2.75) is 26.3 Å². The van der Waals surface area contributed by atoms with Gasteiger partial charge >= 0.3 is 0 Å². The predicted octanol–water partition coefficient (Wildman–Crippen LogP) is 2.56. The zero-order valence-electron chi connectivity index (χ0n) is 9.39. The van der Waals surface area contributed by atoms with Gasteiger partial charge in [-0.2, -0.15) is 0 Å². The van der Waals surface area contributed by atoms with Crippen LogP contribution in [-0.2, 0) is 5.54 Å². The lowest BCUT2D eigenvalue weighted by Gasteiger charge is -2.24. The van der Waals surface area contributed by atoms with Crippen molar-refractivity contribution in [1.29, 1.82) is 0 Å². The first kappa shape index (κ1) is 12.1. The number of halogens is 1. The van der Waals surface area contributed by atoms with Gasteiger partial charge in [0, 0.05) is 5.54 Å². The molecule has 1 aromatic rings. The normalized spacial score (nSPS) is 11.6. The Balaban J connectivity index is 3.53. The Morgan fingerprint density at radius 1 is 1.47 bits per heavy atom. The number of benzene rings is 1. The number of hydrogen-bond donors (Lipinski definition) is 2. The maximum atomic E-state index is 9.61. The molecule has 0 spiro atoms. The zero-order valence-corrected chi connectivity index (χ0v) is 10.1. The molecule has 0 aliphatic carbocycles. The van der Waals surface area contributed by atoms with Crippen molar-refractivity contribution >= 4 is 11.6 Å². The quantitative estimate of drug-likeness (QED) is 0.820. The third-order valence-corrected chi connectivity index (χ3v) is 2.61. The van der Waals surface area contributed by atoms with Gasteiger partial charge in [0.15, 0.2) is 11.5 Å². The molecule has 15 heavy (non-hydrogen) atoms. The number of phenols is 1. The Labute approximate surface area is 94.8 Å². The largest absolute Gasteiger partial charge is 0.504 e. The summed E-state index contributed by atoms with van der Waals surface area (Å²) in [7, 11) is 1.46. The van der Waals surface area contributed by atoms with E-state index >= 15 is 0 Å². The number of aromatic hydroxyl groups is 1. The summed E-state index contributed by atoms with van der Waals surface area (Å²) in [6.45, 7) is 5.57. The van der Waals surface area contributed by atoms with Crippen LogP contribution in [0.25, 0.3) is 0 Å². The molecule has 0 bridgehead atoms. The molecule has 0 aromatic heterocycles. The van der Waals surface area contributed by atoms with Crippen molar-refractivity contribution in [1.82, 2.24) is 0 Å². The molecule has 0 aliphatic heterocycles. The van der Waals surface area contributed by atoms with Crippen LogP contribution in [0.3, 0.4) is 0 Å². The van der Waals surface area contributed by atoms with E-state index in [4.69, 9.17) is 22.1 Å². The van der Waals surface area contributed by atoms with Gasteiger partial charge in [0.2, 0.25) is 0 Å². The number of methoxy groups -OCH3 is 1. The summed E-state index contributed by atoms with van der Waals surface area (Å²) in [5, 5.41) is 9.99. The molecule has 1 rings (SSSR count). The number of rotatable bonds is 2. The van der Waals surface area contributed by atoms with Gasteiger partial charge in [-0.15, -0.1) is 0 Å². The number of ether oxygens (including phenoxy) is 1. The van der Waals surface area contributed by atoms with Gasteiger partial charge in [-0.1, -0.05) is 11.6 Å². The second-order valence-corrected chi connectivity index (χ2v) is 4.53. The SMILES string of the molecule is COc1c(O)cc(C)c(C(C)(C)N)c1Cl. The minimum absolute atomic E-state index is 0.0352. The maximum absolute atomic E-state index is 9.61. The van der Waals surface area contributed by atoms with Crippen LogP contribution in [0.1, 0.15) is 25.0 Å². The summed E-state index contributed by atoms with van der Waals surface area (Å²) in [5.74, 6) is 0.309. The summed E-state index contributed by atoms with van der Waals surface area (Å²) in [6.07, 6.45) is 0. The second kappa shape index (κ2) is 3.91. The molecule has 3 N–H and O–H groups in total. The Bertz CT molecular complexity index is 383. The van der Waals surface area contributed by atoms with Gasteiger partial charge in [-0.3, -0.25) is 0 Å². The minimum atomic E-state index is -0.567. The standard InChI is InChI=1S/C11H16ClNO2/c1-6-5-7(14)10(15-4)9(12)8(6)11(2,3)13/h5,14H,13H2,1-4H3. The molecule has 0 heterocycles. The van der Waals surface area contributed by atoms with E-state index in [0.717, 1.165) is 11.1 Å². The fraction of sp³-hybridized carbons (Fsp3) is 0.455. The van der Waals surface area contributed by atoms with E-state index in [1.807, 2.05) is 20.8 Å². The summed E-state index contributed by atoms with van der Waals surface area (Å²) >= 11 is 6.14. The van der Waals surface area contributed by atoms with Crippen molar-refractivity contribution in [3.05, 3.63) is 22.2 Å². The van der Waals surface area contributed by atoms with E-state index in [-0.39, 0.29) is 11.5 Å². The molecule has 0 aliphatic rings.